The van der Waals surface area contributed by atoms with Crippen molar-refractivity contribution in [2.45, 2.75) is 63.1 Å². The van der Waals surface area contributed by atoms with Crippen LogP contribution in [0.1, 0.15) is 44.1 Å². The molecular weight excluding hydrogens is 280 g/mol. The van der Waals surface area contributed by atoms with Crippen LogP contribution in [0.15, 0.2) is 18.3 Å². The molecular formula is C17H22N2O3. The number of ether oxygens (including phenoxy) is 1. The van der Waals surface area contributed by atoms with Gasteiger partial charge >= 0.3 is 6.09 Å². The molecule has 1 aliphatic carbocycles. The van der Waals surface area contributed by atoms with Gasteiger partial charge in [-0.1, -0.05) is 0 Å². The summed E-state index contributed by atoms with van der Waals surface area (Å²) in [7, 11) is 0. The van der Waals surface area contributed by atoms with E-state index < -0.39 is 6.09 Å². The fourth-order valence-electron chi connectivity index (χ4n) is 4.00. The Morgan fingerprint density at radius 3 is 2.64 bits per heavy atom. The third kappa shape index (κ3) is 2.76. The van der Waals surface area contributed by atoms with E-state index in [9.17, 15) is 9.90 Å². The van der Waals surface area contributed by atoms with Crippen LogP contribution in [0.5, 0.6) is 5.88 Å². The second-order valence-corrected chi connectivity index (χ2v) is 6.94. The first-order valence-electron chi connectivity index (χ1n) is 8.32. The standard InChI is InChI=1S/C17H22N2O3/c20-17(21)19-13-3-4-14(19)10-15(9-13)22-16-8-12(5-6-18-16)7-11-1-2-11/h5-6,8,11,13-15H,1-4,7,9-10H2,(H,20,21)/t13-,14+,15?. The number of nitrogens with zero attached hydrogens (tertiary/aromatic N) is 2. The summed E-state index contributed by atoms with van der Waals surface area (Å²) in [6, 6.07) is 4.37. The largest absolute Gasteiger partial charge is 0.474 e. The van der Waals surface area contributed by atoms with Gasteiger partial charge in [-0.3, -0.25) is 0 Å². The Morgan fingerprint density at radius 2 is 2.00 bits per heavy atom. The van der Waals surface area contributed by atoms with Crippen LogP contribution in [0.25, 0.3) is 0 Å². The average Bonchev–Trinajstić information content (AvgIpc) is 3.23. The minimum atomic E-state index is -0.782. The van der Waals surface area contributed by atoms with Crippen molar-refractivity contribution in [3.05, 3.63) is 23.9 Å². The molecule has 5 heteroatoms. The maximum absolute atomic E-state index is 11.3. The minimum absolute atomic E-state index is 0.0942. The van der Waals surface area contributed by atoms with Crippen molar-refractivity contribution in [3.63, 3.8) is 0 Å². The topological polar surface area (TPSA) is 62.7 Å². The number of carbonyl (C=O) groups is 1. The van der Waals surface area contributed by atoms with Crippen LogP contribution in [0.2, 0.25) is 0 Å². The highest BCUT2D eigenvalue weighted by Gasteiger charge is 2.44. The molecule has 3 fully saturated rings. The van der Waals surface area contributed by atoms with E-state index in [0.717, 1.165) is 38.0 Å². The molecule has 2 aliphatic heterocycles. The number of hydrogen-bond donors (Lipinski definition) is 1. The molecule has 1 saturated carbocycles. The Hall–Kier alpha value is -1.78. The van der Waals surface area contributed by atoms with E-state index >= 15 is 0 Å². The second-order valence-electron chi connectivity index (χ2n) is 6.94. The monoisotopic (exact) mass is 302 g/mol. The number of carboxylic acid groups (broad SMARTS) is 1. The lowest BCUT2D eigenvalue weighted by Crippen LogP contribution is -2.48. The van der Waals surface area contributed by atoms with E-state index in [0.29, 0.717) is 5.88 Å². The van der Waals surface area contributed by atoms with Crippen molar-refractivity contribution in [2.75, 3.05) is 0 Å². The molecule has 2 bridgehead atoms. The number of aromatic nitrogens is 1. The van der Waals surface area contributed by atoms with Gasteiger partial charge in [0.25, 0.3) is 0 Å². The first-order valence-corrected chi connectivity index (χ1v) is 8.32. The van der Waals surface area contributed by atoms with Gasteiger partial charge in [-0.05, 0) is 49.7 Å². The number of hydrogen-bond acceptors (Lipinski definition) is 3. The Balaban J connectivity index is 1.41. The van der Waals surface area contributed by atoms with Crippen molar-refractivity contribution in [2.24, 2.45) is 5.92 Å². The normalized spacial score (nSPS) is 30.4. The van der Waals surface area contributed by atoms with Crippen molar-refractivity contribution >= 4 is 6.09 Å². The van der Waals surface area contributed by atoms with Gasteiger partial charge in [-0.25, -0.2) is 9.78 Å². The Kier molecular flexibility index (Phi) is 3.43. The third-order valence-corrected chi connectivity index (χ3v) is 5.22. The van der Waals surface area contributed by atoms with Crippen LogP contribution in [0.3, 0.4) is 0 Å². The van der Waals surface area contributed by atoms with Crippen LogP contribution in [0, 0.1) is 5.92 Å². The molecule has 0 aromatic carbocycles. The van der Waals surface area contributed by atoms with Gasteiger partial charge in [0.05, 0.1) is 0 Å². The molecule has 0 radical (unpaired) electrons. The number of piperidine rings is 1. The highest BCUT2D eigenvalue weighted by atomic mass is 16.5. The van der Waals surface area contributed by atoms with E-state index in [-0.39, 0.29) is 18.2 Å². The molecule has 3 aliphatic rings. The quantitative estimate of drug-likeness (QED) is 0.928. The Morgan fingerprint density at radius 1 is 1.27 bits per heavy atom. The van der Waals surface area contributed by atoms with Gasteiger partial charge in [0.2, 0.25) is 5.88 Å². The number of pyridine rings is 1. The number of fused-ring (bicyclic) bond motifs is 2. The molecule has 118 valence electrons. The van der Waals surface area contributed by atoms with Crippen LogP contribution < -0.4 is 4.74 Å². The molecule has 1 amide bonds. The third-order valence-electron chi connectivity index (χ3n) is 5.22. The van der Waals surface area contributed by atoms with Crippen LogP contribution in [-0.2, 0) is 6.42 Å². The van der Waals surface area contributed by atoms with Crippen LogP contribution in [0.4, 0.5) is 4.79 Å². The Bertz CT molecular complexity index is 559. The highest BCUT2D eigenvalue weighted by molar-refractivity contribution is 5.66. The predicted octanol–water partition coefficient (Wildman–Crippen LogP) is 3.09. The molecule has 4 rings (SSSR count). The summed E-state index contributed by atoms with van der Waals surface area (Å²) in [6.07, 6.45) is 8.46. The van der Waals surface area contributed by atoms with E-state index in [1.54, 1.807) is 4.90 Å². The maximum Gasteiger partial charge on any atom is 0.407 e. The van der Waals surface area contributed by atoms with Gasteiger partial charge in [-0.15, -0.1) is 0 Å². The van der Waals surface area contributed by atoms with Crippen molar-refractivity contribution in [1.82, 2.24) is 9.88 Å². The molecule has 1 aromatic rings. The van der Waals surface area contributed by atoms with E-state index in [1.165, 1.54) is 18.4 Å². The summed E-state index contributed by atoms with van der Waals surface area (Å²) in [5.41, 5.74) is 1.30. The lowest BCUT2D eigenvalue weighted by Gasteiger charge is -2.36. The smallest absolute Gasteiger partial charge is 0.407 e. The zero-order valence-electron chi connectivity index (χ0n) is 12.6. The minimum Gasteiger partial charge on any atom is -0.474 e. The lowest BCUT2D eigenvalue weighted by molar-refractivity contribution is 0.0476. The maximum atomic E-state index is 11.3. The van der Waals surface area contributed by atoms with Gasteiger partial charge < -0.3 is 14.7 Å². The SMILES string of the molecule is O=C(O)N1[C@@H]2CC[C@H]1CC(Oc1cc(CC3CC3)ccn1)C2. The lowest BCUT2D eigenvalue weighted by atomic mass is 10.0. The molecule has 5 nitrogen and oxygen atoms in total. The number of amides is 1. The molecule has 3 heterocycles. The first-order chi connectivity index (χ1) is 10.7. The molecule has 1 N–H and O–H groups in total. The summed E-state index contributed by atoms with van der Waals surface area (Å²) < 4.78 is 6.08. The molecule has 22 heavy (non-hydrogen) atoms. The fourth-order valence-corrected chi connectivity index (χ4v) is 4.00. The number of rotatable bonds is 4. The van der Waals surface area contributed by atoms with Gasteiger partial charge in [0.15, 0.2) is 0 Å². The summed E-state index contributed by atoms with van der Waals surface area (Å²) in [6.45, 7) is 0. The van der Waals surface area contributed by atoms with Crippen LogP contribution in [-0.4, -0.2) is 39.3 Å². The summed E-state index contributed by atoms with van der Waals surface area (Å²) in [5.74, 6) is 1.55. The van der Waals surface area contributed by atoms with E-state index in [2.05, 4.69) is 17.1 Å². The zero-order chi connectivity index (χ0) is 15.1. The predicted molar refractivity (Wildman–Crippen MR) is 81.0 cm³/mol. The second kappa shape index (κ2) is 5.45. The molecule has 3 atom stereocenters. The molecule has 1 aromatic heterocycles. The average molecular weight is 302 g/mol. The van der Waals surface area contributed by atoms with Gasteiger partial charge in [-0.2, -0.15) is 0 Å². The Labute approximate surface area is 130 Å². The molecule has 0 spiro atoms. The zero-order valence-corrected chi connectivity index (χ0v) is 12.6. The summed E-state index contributed by atoms with van der Waals surface area (Å²) >= 11 is 0. The van der Waals surface area contributed by atoms with Crippen molar-refractivity contribution in [1.29, 1.82) is 0 Å². The van der Waals surface area contributed by atoms with E-state index in [1.807, 2.05) is 6.20 Å². The van der Waals surface area contributed by atoms with Crippen LogP contribution >= 0.6 is 0 Å². The van der Waals surface area contributed by atoms with Crippen molar-refractivity contribution in [3.8, 4) is 5.88 Å². The first kappa shape index (κ1) is 13.9. The van der Waals surface area contributed by atoms with Crippen molar-refractivity contribution < 1.29 is 14.6 Å². The summed E-state index contributed by atoms with van der Waals surface area (Å²) in [5, 5.41) is 9.29. The van der Waals surface area contributed by atoms with E-state index in [4.69, 9.17) is 4.74 Å². The van der Waals surface area contributed by atoms with Gasteiger partial charge in [0, 0.05) is 37.2 Å². The summed E-state index contributed by atoms with van der Waals surface area (Å²) in [4.78, 5) is 17.3. The van der Waals surface area contributed by atoms with Gasteiger partial charge in [0.1, 0.15) is 6.10 Å². The molecule has 2 saturated heterocycles. The molecule has 1 unspecified atom stereocenters. The fraction of sp³-hybridized carbons (Fsp3) is 0.647. The highest BCUT2D eigenvalue weighted by Crippen LogP contribution is 2.37.